The van der Waals surface area contributed by atoms with E-state index >= 15 is 0 Å². The van der Waals surface area contributed by atoms with Crippen LogP contribution in [0.4, 0.5) is 5.82 Å². The number of aromatic nitrogens is 1. The molecule has 0 saturated carbocycles. The zero-order chi connectivity index (χ0) is 14.6. The second kappa shape index (κ2) is 6.24. The molecule has 0 aliphatic carbocycles. The molecule has 0 spiro atoms. The summed E-state index contributed by atoms with van der Waals surface area (Å²) in [5.41, 5.74) is 1.12. The van der Waals surface area contributed by atoms with Gasteiger partial charge in [-0.05, 0) is 36.2 Å². The highest BCUT2D eigenvalue weighted by Gasteiger charge is 2.14. The molecule has 1 aromatic carbocycles. The van der Waals surface area contributed by atoms with Gasteiger partial charge in [-0.3, -0.25) is 4.72 Å². The normalized spacial score (nSPS) is 11.3. The lowest BCUT2D eigenvalue weighted by Crippen LogP contribution is -2.13. The van der Waals surface area contributed by atoms with E-state index in [9.17, 15) is 8.42 Å². The Morgan fingerprint density at radius 2 is 1.85 bits per heavy atom. The Bertz CT molecular complexity index is 685. The average molecular weight is 311 g/mol. The Kier molecular flexibility index (Phi) is 4.62. The van der Waals surface area contributed by atoms with Gasteiger partial charge in [-0.15, -0.1) is 0 Å². The standard InChI is InChI=1S/C14H15ClN2O2S/c1-2-4-11-7-9-12(10-8-11)20(18,19)17-14-6-3-5-13(15)16-14/h3,5-10H,2,4H2,1H3,(H,16,17). The fourth-order valence-electron chi connectivity index (χ4n) is 1.79. The molecular weight excluding hydrogens is 296 g/mol. The number of pyridine rings is 1. The molecule has 0 saturated heterocycles. The number of nitrogens with one attached hydrogen (secondary N) is 1. The van der Waals surface area contributed by atoms with Crippen LogP contribution in [0, 0.1) is 0 Å². The maximum Gasteiger partial charge on any atom is 0.263 e. The van der Waals surface area contributed by atoms with Gasteiger partial charge < -0.3 is 0 Å². The Labute approximate surface area is 123 Å². The molecule has 1 heterocycles. The van der Waals surface area contributed by atoms with E-state index in [2.05, 4.69) is 16.6 Å². The lowest BCUT2D eigenvalue weighted by atomic mass is 10.1. The molecule has 20 heavy (non-hydrogen) atoms. The first-order valence-corrected chi connectivity index (χ1v) is 8.11. The predicted octanol–water partition coefficient (Wildman–Crippen LogP) is 3.49. The van der Waals surface area contributed by atoms with Crippen LogP contribution in [0.5, 0.6) is 0 Å². The first-order chi connectivity index (χ1) is 9.51. The molecule has 106 valence electrons. The molecule has 0 amide bonds. The van der Waals surface area contributed by atoms with Crippen LogP contribution in [-0.4, -0.2) is 13.4 Å². The minimum absolute atomic E-state index is 0.204. The van der Waals surface area contributed by atoms with Crippen molar-refractivity contribution < 1.29 is 8.42 Å². The van der Waals surface area contributed by atoms with Gasteiger partial charge in [0.05, 0.1) is 4.90 Å². The maximum atomic E-state index is 12.2. The smallest absolute Gasteiger partial charge is 0.263 e. The van der Waals surface area contributed by atoms with Gasteiger partial charge in [0, 0.05) is 0 Å². The summed E-state index contributed by atoms with van der Waals surface area (Å²) in [4.78, 5) is 4.11. The van der Waals surface area contributed by atoms with Gasteiger partial charge in [-0.2, -0.15) is 0 Å². The zero-order valence-corrected chi connectivity index (χ0v) is 12.6. The van der Waals surface area contributed by atoms with E-state index in [1.807, 2.05) is 12.1 Å². The third kappa shape index (κ3) is 3.71. The highest BCUT2D eigenvalue weighted by Crippen LogP contribution is 2.17. The third-order valence-corrected chi connectivity index (χ3v) is 4.31. The lowest BCUT2D eigenvalue weighted by molar-refractivity contribution is 0.601. The van der Waals surface area contributed by atoms with Crippen molar-refractivity contribution in [1.29, 1.82) is 0 Å². The summed E-state index contributed by atoms with van der Waals surface area (Å²) in [6.07, 6.45) is 1.96. The lowest BCUT2D eigenvalue weighted by Gasteiger charge is -2.08. The number of rotatable bonds is 5. The van der Waals surface area contributed by atoms with Crippen molar-refractivity contribution in [2.45, 2.75) is 24.7 Å². The van der Waals surface area contributed by atoms with Crippen molar-refractivity contribution >= 4 is 27.4 Å². The highest BCUT2D eigenvalue weighted by atomic mass is 35.5. The Morgan fingerprint density at radius 3 is 2.45 bits per heavy atom. The summed E-state index contributed by atoms with van der Waals surface area (Å²) in [5.74, 6) is 0.204. The van der Waals surface area contributed by atoms with Crippen molar-refractivity contribution in [2.75, 3.05) is 4.72 Å². The summed E-state index contributed by atoms with van der Waals surface area (Å²) < 4.78 is 26.8. The third-order valence-electron chi connectivity index (χ3n) is 2.73. The van der Waals surface area contributed by atoms with Crippen LogP contribution in [0.2, 0.25) is 5.15 Å². The molecule has 0 bridgehead atoms. The Hall–Kier alpha value is -1.59. The van der Waals surface area contributed by atoms with Crippen molar-refractivity contribution in [3.63, 3.8) is 0 Å². The van der Waals surface area contributed by atoms with Gasteiger partial charge in [0.2, 0.25) is 0 Å². The van der Waals surface area contributed by atoms with E-state index in [1.165, 1.54) is 0 Å². The van der Waals surface area contributed by atoms with E-state index in [0.29, 0.717) is 0 Å². The molecule has 1 N–H and O–H groups in total. The molecule has 2 aromatic rings. The van der Waals surface area contributed by atoms with Crippen molar-refractivity contribution in [2.24, 2.45) is 0 Å². The van der Waals surface area contributed by atoms with Crippen LogP contribution < -0.4 is 4.72 Å². The fourth-order valence-corrected chi connectivity index (χ4v) is 2.95. The second-order valence-electron chi connectivity index (χ2n) is 4.35. The van der Waals surface area contributed by atoms with E-state index in [4.69, 9.17) is 11.6 Å². The quantitative estimate of drug-likeness (QED) is 0.860. The minimum atomic E-state index is -3.63. The maximum absolute atomic E-state index is 12.2. The zero-order valence-electron chi connectivity index (χ0n) is 11.0. The molecule has 0 aliphatic heterocycles. The first kappa shape index (κ1) is 14.8. The van der Waals surface area contributed by atoms with Crippen molar-refractivity contribution in [3.05, 3.63) is 53.2 Å². The highest BCUT2D eigenvalue weighted by molar-refractivity contribution is 7.92. The topological polar surface area (TPSA) is 59.1 Å². The summed E-state index contributed by atoms with van der Waals surface area (Å²) in [5, 5.41) is 0.239. The van der Waals surface area contributed by atoms with Gasteiger partial charge in [0.25, 0.3) is 10.0 Å². The Balaban J connectivity index is 2.21. The molecule has 0 radical (unpaired) electrons. The van der Waals surface area contributed by atoms with Crippen LogP contribution in [0.3, 0.4) is 0 Å². The molecule has 1 aromatic heterocycles. The summed E-state index contributed by atoms with van der Waals surface area (Å²) in [6.45, 7) is 2.08. The van der Waals surface area contributed by atoms with E-state index in [1.54, 1.807) is 30.3 Å². The van der Waals surface area contributed by atoms with Crippen LogP contribution in [-0.2, 0) is 16.4 Å². The number of halogens is 1. The van der Waals surface area contributed by atoms with Gasteiger partial charge in [-0.1, -0.05) is 43.1 Å². The van der Waals surface area contributed by atoms with Crippen LogP contribution >= 0.6 is 11.6 Å². The summed E-state index contributed by atoms with van der Waals surface area (Å²) >= 11 is 5.73. The van der Waals surface area contributed by atoms with Gasteiger partial charge in [-0.25, -0.2) is 13.4 Å². The number of sulfonamides is 1. The largest absolute Gasteiger partial charge is 0.263 e. The Morgan fingerprint density at radius 1 is 1.15 bits per heavy atom. The number of hydrogen-bond donors (Lipinski definition) is 1. The van der Waals surface area contributed by atoms with E-state index < -0.39 is 10.0 Å². The van der Waals surface area contributed by atoms with Crippen LogP contribution in [0.15, 0.2) is 47.4 Å². The van der Waals surface area contributed by atoms with Crippen LogP contribution in [0.1, 0.15) is 18.9 Å². The van der Waals surface area contributed by atoms with Crippen LogP contribution in [0.25, 0.3) is 0 Å². The number of benzene rings is 1. The van der Waals surface area contributed by atoms with Crippen molar-refractivity contribution in [3.8, 4) is 0 Å². The molecular formula is C14H15ClN2O2S. The molecule has 0 atom stereocenters. The molecule has 2 rings (SSSR count). The molecule has 4 nitrogen and oxygen atoms in total. The van der Waals surface area contributed by atoms with E-state index in [-0.39, 0.29) is 15.9 Å². The second-order valence-corrected chi connectivity index (χ2v) is 6.41. The van der Waals surface area contributed by atoms with Crippen molar-refractivity contribution in [1.82, 2.24) is 4.98 Å². The molecule has 0 unspecified atom stereocenters. The number of anilines is 1. The monoisotopic (exact) mass is 310 g/mol. The fraction of sp³-hybridized carbons (Fsp3) is 0.214. The molecule has 6 heteroatoms. The molecule has 0 fully saturated rings. The summed E-state index contributed by atoms with van der Waals surface area (Å²) in [7, 11) is -3.63. The first-order valence-electron chi connectivity index (χ1n) is 6.25. The van der Waals surface area contributed by atoms with Gasteiger partial charge >= 0.3 is 0 Å². The van der Waals surface area contributed by atoms with Gasteiger partial charge in [0.1, 0.15) is 11.0 Å². The average Bonchev–Trinajstić information content (AvgIpc) is 2.39. The minimum Gasteiger partial charge on any atom is -0.263 e. The summed E-state index contributed by atoms with van der Waals surface area (Å²) in [6, 6.07) is 11.6. The number of hydrogen-bond acceptors (Lipinski definition) is 3. The number of aryl methyl sites for hydroxylation is 1. The SMILES string of the molecule is CCCc1ccc(S(=O)(=O)Nc2cccc(Cl)n2)cc1. The number of nitrogens with zero attached hydrogens (tertiary/aromatic N) is 1. The van der Waals surface area contributed by atoms with Gasteiger partial charge in [0.15, 0.2) is 0 Å². The predicted molar refractivity (Wildman–Crippen MR) is 80.5 cm³/mol. The van der Waals surface area contributed by atoms with E-state index in [0.717, 1.165) is 18.4 Å². The molecule has 0 aliphatic rings.